The van der Waals surface area contributed by atoms with E-state index in [1.54, 1.807) is 0 Å². The molecule has 0 aliphatic carbocycles. The Morgan fingerprint density at radius 3 is 2.64 bits per heavy atom. The zero-order valence-electron chi connectivity index (χ0n) is 14.5. The average molecular weight is 340 g/mol. The number of nitrogens with zero attached hydrogens (tertiary/aromatic N) is 1. The Hall–Kier alpha value is -2.20. The van der Waals surface area contributed by atoms with E-state index in [9.17, 15) is 9.18 Å². The predicted molar refractivity (Wildman–Crippen MR) is 98.1 cm³/mol. The maximum Gasteiger partial charge on any atom is 0.251 e. The van der Waals surface area contributed by atoms with Crippen LogP contribution in [0.25, 0.3) is 0 Å². The number of hydrogen-bond donors (Lipinski definition) is 1. The fourth-order valence-electron chi connectivity index (χ4n) is 3.40. The normalized spacial score (nSPS) is 18.0. The molecule has 2 aromatic carbocycles. The number of amides is 1. The number of benzene rings is 2. The second-order valence-electron chi connectivity index (χ2n) is 6.71. The zero-order valence-corrected chi connectivity index (χ0v) is 14.5. The van der Waals surface area contributed by atoms with Crippen LogP contribution >= 0.6 is 0 Å². The summed E-state index contributed by atoms with van der Waals surface area (Å²) in [4.78, 5) is 14.7. The van der Waals surface area contributed by atoms with E-state index in [1.165, 1.54) is 29.8 Å². The van der Waals surface area contributed by atoms with Crippen LogP contribution in [0.5, 0.6) is 0 Å². The molecule has 1 saturated heterocycles. The Labute approximate surface area is 148 Å². The number of carbonyl (C=O) groups excluding carboxylic acids is 1. The minimum atomic E-state index is -0.321. The third kappa shape index (κ3) is 5.40. The van der Waals surface area contributed by atoms with E-state index < -0.39 is 0 Å². The van der Waals surface area contributed by atoms with Crippen LogP contribution < -0.4 is 5.32 Å². The molecule has 1 N–H and O–H groups in total. The molecule has 4 heteroatoms. The van der Waals surface area contributed by atoms with Crippen molar-refractivity contribution < 1.29 is 9.18 Å². The van der Waals surface area contributed by atoms with Gasteiger partial charge in [-0.3, -0.25) is 4.79 Å². The number of hydrogen-bond acceptors (Lipinski definition) is 2. The van der Waals surface area contributed by atoms with E-state index in [4.69, 9.17) is 0 Å². The van der Waals surface area contributed by atoms with E-state index in [2.05, 4.69) is 34.5 Å². The minimum Gasteiger partial charge on any atom is -0.348 e. The summed E-state index contributed by atoms with van der Waals surface area (Å²) in [5.74, 6) is -0.435. The number of carbonyl (C=O) groups is 1. The first-order valence-electron chi connectivity index (χ1n) is 9.03. The molecule has 0 radical (unpaired) electrons. The molecule has 1 fully saturated rings. The first-order valence-corrected chi connectivity index (χ1v) is 9.03. The van der Waals surface area contributed by atoms with Crippen LogP contribution in [-0.2, 0) is 6.42 Å². The van der Waals surface area contributed by atoms with Crippen LogP contribution in [0, 0.1) is 5.82 Å². The highest BCUT2D eigenvalue weighted by Gasteiger charge is 2.21. The SMILES string of the molecule is O=C(N[C@@H]1CCCN(CCCc2ccccc2)C1)c1ccc(F)cc1. The number of likely N-dealkylation sites (tertiary alicyclic amines) is 1. The highest BCUT2D eigenvalue weighted by atomic mass is 19.1. The van der Waals surface area contributed by atoms with Gasteiger partial charge in [0.1, 0.15) is 5.82 Å². The van der Waals surface area contributed by atoms with Crippen LogP contribution in [0.4, 0.5) is 4.39 Å². The molecule has 25 heavy (non-hydrogen) atoms. The maximum atomic E-state index is 13.0. The van der Waals surface area contributed by atoms with Gasteiger partial charge in [0, 0.05) is 18.2 Å². The molecule has 0 aromatic heterocycles. The molecule has 132 valence electrons. The summed E-state index contributed by atoms with van der Waals surface area (Å²) in [6, 6.07) is 16.4. The lowest BCUT2D eigenvalue weighted by atomic mass is 10.0. The van der Waals surface area contributed by atoms with Crippen LogP contribution in [0.1, 0.15) is 35.2 Å². The highest BCUT2D eigenvalue weighted by molar-refractivity contribution is 5.94. The zero-order chi connectivity index (χ0) is 17.5. The second kappa shape index (κ2) is 8.77. The predicted octanol–water partition coefficient (Wildman–Crippen LogP) is 3.65. The van der Waals surface area contributed by atoms with Gasteiger partial charge in [-0.2, -0.15) is 0 Å². The lowest BCUT2D eigenvalue weighted by molar-refractivity contribution is 0.0903. The molecular weight excluding hydrogens is 315 g/mol. The Kier molecular flexibility index (Phi) is 6.18. The summed E-state index contributed by atoms with van der Waals surface area (Å²) in [5.41, 5.74) is 1.89. The number of halogens is 1. The summed E-state index contributed by atoms with van der Waals surface area (Å²) in [6.45, 7) is 3.04. The van der Waals surface area contributed by atoms with Gasteiger partial charge >= 0.3 is 0 Å². The van der Waals surface area contributed by atoms with Crippen LogP contribution in [0.15, 0.2) is 54.6 Å². The third-order valence-electron chi connectivity index (χ3n) is 4.73. The summed E-state index contributed by atoms with van der Waals surface area (Å²) in [6.07, 6.45) is 4.31. The maximum absolute atomic E-state index is 13.0. The van der Waals surface area contributed by atoms with Crippen molar-refractivity contribution in [2.24, 2.45) is 0 Å². The van der Waals surface area contributed by atoms with Crippen molar-refractivity contribution in [2.75, 3.05) is 19.6 Å². The second-order valence-corrected chi connectivity index (χ2v) is 6.71. The molecule has 3 rings (SSSR count). The molecule has 2 aromatic rings. The van der Waals surface area contributed by atoms with Crippen molar-refractivity contribution in [2.45, 2.75) is 31.7 Å². The van der Waals surface area contributed by atoms with Crippen molar-refractivity contribution in [1.29, 1.82) is 0 Å². The van der Waals surface area contributed by atoms with Crippen LogP contribution in [-0.4, -0.2) is 36.5 Å². The van der Waals surface area contributed by atoms with Gasteiger partial charge in [-0.25, -0.2) is 4.39 Å². The molecular formula is C21H25FN2O. The number of piperidine rings is 1. The van der Waals surface area contributed by atoms with E-state index in [0.29, 0.717) is 5.56 Å². The summed E-state index contributed by atoms with van der Waals surface area (Å²) in [5, 5.41) is 3.09. The summed E-state index contributed by atoms with van der Waals surface area (Å²) >= 11 is 0. The Morgan fingerprint density at radius 2 is 1.88 bits per heavy atom. The molecule has 0 spiro atoms. The van der Waals surface area contributed by atoms with Crippen molar-refractivity contribution in [1.82, 2.24) is 10.2 Å². The quantitative estimate of drug-likeness (QED) is 0.870. The van der Waals surface area contributed by atoms with Crippen molar-refractivity contribution in [3.05, 3.63) is 71.5 Å². The molecule has 0 saturated carbocycles. The lowest BCUT2D eigenvalue weighted by Crippen LogP contribution is -2.47. The van der Waals surface area contributed by atoms with Gasteiger partial charge in [0.05, 0.1) is 0 Å². The lowest BCUT2D eigenvalue weighted by Gasteiger charge is -2.33. The Balaban J connectivity index is 1.44. The monoisotopic (exact) mass is 340 g/mol. The Bertz CT molecular complexity index is 672. The summed E-state index contributed by atoms with van der Waals surface area (Å²) < 4.78 is 13.0. The van der Waals surface area contributed by atoms with E-state index in [-0.39, 0.29) is 17.8 Å². The smallest absolute Gasteiger partial charge is 0.251 e. The fraction of sp³-hybridized carbons (Fsp3) is 0.381. The standard InChI is InChI=1S/C21H25FN2O/c22-19-12-10-18(11-13-19)21(25)23-20-9-5-15-24(16-20)14-4-8-17-6-2-1-3-7-17/h1-3,6-7,10-13,20H,4-5,8-9,14-16H2,(H,23,25)/t20-/m1/s1. The molecule has 1 aliphatic rings. The third-order valence-corrected chi connectivity index (χ3v) is 4.73. The molecule has 1 amide bonds. The topological polar surface area (TPSA) is 32.3 Å². The molecule has 0 unspecified atom stereocenters. The van der Waals surface area contributed by atoms with E-state index in [0.717, 1.165) is 45.3 Å². The fourth-order valence-corrected chi connectivity index (χ4v) is 3.40. The Morgan fingerprint density at radius 1 is 1.12 bits per heavy atom. The van der Waals surface area contributed by atoms with Gasteiger partial charge in [-0.05, 0) is 68.6 Å². The van der Waals surface area contributed by atoms with Gasteiger partial charge in [0.25, 0.3) is 5.91 Å². The van der Waals surface area contributed by atoms with Gasteiger partial charge in [-0.15, -0.1) is 0 Å². The van der Waals surface area contributed by atoms with Gasteiger partial charge in [0.2, 0.25) is 0 Å². The van der Waals surface area contributed by atoms with E-state index in [1.807, 2.05) is 6.07 Å². The molecule has 0 bridgehead atoms. The van der Waals surface area contributed by atoms with Gasteiger partial charge in [-0.1, -0.05) is 30.3 Å². The van der Waals surface area contributed by atoms with Crippen LogP contribution in [0.3, 0.4) is 0 Å². The number of aryl methyl sites for hydroxylation is 1. The molecule has 3 nitrogen and oxygen atoms in total. The van der Waals surface area contributed by atoms with Crippen molar-refractivity contribution in [3.63, 3.8) is 0 Å². The number of rotatable bonds is 6. The first kappa shape index (κ1) is 17.6. The van der Waals surface area contributed by atoms with E-state index >= 15 is 0 Å². The van der Waals surface area contributed by atoms with Crippen LogP contribution in [0.2, 0.25) is 0 Å². The van der Waals surface area contributed by atoms with Crippen molar-refractivity contribution in [3.8, 4) is 0 Å². The molecule has 1 atom stereocenters. The minimum absolute atomic E-state index is 0.115. The molecule has 1 aliphatic heterocycles. The molecule has 1 heterocycles. The average Bonchev–Trinajstić information content (AvgIpc) is 2.63. The summed E-state index contributed by atoms with van der Waals surface area (Å²) in [7, 11) is 0. The van der Waals surface area contributed by atoms with Gasteiger partial charge in [0.15, 0.2) is 0 Å². The van der Waals surface area contributed by atoms with Gasteiger partial charge < -0.3 is 10.2 Å². The van der Waals surface area contributed by atoms with Crippen molar-refractivity contribution >= 4 is 5.91 Å². The largest absolute Gasteiger partial charge is 0.348 e. The first-order chi connectivity index (χ1) is 12.2. The highest BCUT2D eigenvalue weighted by Crippen LogP contribution is 2.13. The number of nitrogens with one attached hydrogen (secondary N) is 1.